The number of rotatable bonds is 4. The molecule has 37 heavy (non-hydrogen) atoms. The van der Waals surface area contributed by atoms with Gasteiger partial charge in [0.15, 0.2) is 5.65 Å². The second-order valence-electron chi connectivity index (χ2n) is 10.9. The quantitative estimate of drug-likeness (QED) is 0.388. The third-order valence-electron chi connectivity index (χ3n) is 8.94. The lowest BCUT2D eigenvalue weighted by Gasteiger charge is -2.39. The molecule has 1 aromatic carbocycles. The number of aromatic amines is 1. The van der Waals surface area contributed by atoms with Crippen molar-refractivity contribution in [1.29, 1.82) is 0 Å². The van der Waals surface area contributed by atoms with E-state index in [1.54, 1.807) is 0 Å². The second kappa shape index (κ2) is 8.46. The summed E-state index contributed by atoms with van der Waals surface area (Å²) in [5.74, 6) is 0.488. The Morgan fingerprint density at radius 3 is 2.62 bits per heavy atom. The van der Waals surface area contributed by atoms with Gasteiger partial charge in [-0.05, 0) is 61.9 Å². The normalized spacial score (nSPS) is 25.9. The van der Waals surface area contributed by atoms with Gasteiger partial charge in [-0.2, -0.15) is 10.2 Å². The maximum absolute atomic E-state index is 5.23. The molecule has 1 aliphatic carbocycles. The number of pyridine rings is 1. The summed E-state index contributed by atoms with van der Waals surface area (Å²) in [6.07, 6.45) is 13.8. The lowest BCUT2D eigenvalue weighted by atomic mass is 9.83. The standard InChI is InChI=1S/C29H30N8/c1-2-23(24-16-33-34-25(24)3-1)27-28(19-8-11-30-12-9-19)35-37-26(10-13-31-29(27)37)18-4-6-21(7-5-18)36-17-20-14-22(36)15-32-20/h1-3,8-13,16,18,20-22,32H,4-7,14-15,17H2,(H,33,34)/t18-,20-,21-,22-/m0/s1. The number of hydrogen-bond donors (Lipinski definition) is 2. The molecular weight excluding hydrogens is 460 g/mol. The lowest BCUT2D eigenvalue weighted by molar-refractivity contribution is 0.120. The molecule has 5 aromatic rings. The monoisotopic (exact) mass is 490 g/mol. The molecule has 6 heterocycles. The van der Waals surface area contributed by atoms with Crippen LogP contribution in [0.2, 0.25) is 0 Å². The molecule has 2 atom stereocenters. The van der Waals surface area contributed by atoms with E-state index < -0.39 is 0 Å². The number of H-pyrrole nitrogens is 1. The number of nitrogens with zero attached hydrogens (tertiary/aromatic N) is 6. The van der Waals surface area contributed by atoms with Gasteiger partial charge in [-0.25, -0.2) is 9.50 Å². The number of fused-ring (bicyclic) bond motifs is 4. The summed E-state index contributed by atoms with van der Waals surface area (Å²) >= 11 is 0. The Balaban J connectivity index is 1.21. The zero-order valence-corrected chi connectivity index (χ0v) is 20.7. The molecule has 0 amide bonds. The fourth-order valence-corrected chi connectivity index (χ4v) is 7.16. The zero-order valence-electron chi connectivity index (χ0n) is 20.7. The van der Waals surface area contributed by atoms with E-state index in [9.17, 15) is 0 Å². The Hall–Kier alpha value is -3.62. The fourth-order valence-electron chi connectivity index (χ4n) is 7.16. The van der Waals surface area contributed by atoms with Crippen LogP contribution >= 0.6 is 0 Å². The van der Waals surface area contributed by atoms with Gasteiger partial charge in [0.1, 0.15) is 5.69 Å². The van der Waals surface area contributed by atoms with Crippen molar-refractivity contribution in [3.05, 3.63) is 66.9 Å². The van der Waals surface area contributed by atoms with Gasteiger partial charge in [-0.1, -0.05) is 12.1 Å². The molecule has 8 rings (SSSR count). The molecule has 8 nitrogen and oxygen atoms in total. The summed E-state index contributed by atoms with van der Waals surface area (Å²) < 4.78 is 2.12. The molecule has 3 aliphatic rings. The highest BCUT2D eigenvalue weighted by molar-refractivity contribution is 6.02. The maximum atomic E-state index is 5.23. The van der Waals surface area contributed by atoms with Crippen LogP contribution in [0.25, 0.3) is 38.9 Å². The first-order valence-electron chi connectivity index (χ1n) is 13.5. The van der Waals surface area contributed by atoms with E-state index in [4.69, 9.17) is 10.1 Å². The highest BCUT2D eigenvalue weighted by atomic mass is 15.3. The Morgan fingerprint density at radius 2 is 1.81 bits per heavy atom. The summed E-state index contributed by atoms with van der Waals surface area (Å²) in [7, 11) is 0. The first-order valence-corrected chi connectivity index (χ1v) is 13.5. The summed E-state index contributed by atoms with van der Waals surface area (Å²) in [5.41, 5.74) is 7.32. The van der Waals surface area contributed by atoms with Gasteiger partial charge >= 0.3 is 0 Å². The van der Waals surface area contributed by atoms with E-state index in [-0.39, 0.29) is 0 Å². The van der Waals surface area contributed by atoms with Crippen molar-refractivity contribution >= 4 is 16.6 Å². The number of nitrogens with one attached hydrogen (secondary N) is 2. The van der Waals surface area contributed by atoms with E-state index in [0.717, 1.165) is 57.1 Å². The molecule has 2 saturated heterocycles. The summed E-state index contributed by atoms with van der Waals surface area (Å²) in [4.78, 5) is 11.9. The largest absolute Gasteiger partial charge is 0.311 e. The van der Waals surface area contributed by atoms with Gasteiger partial charge in [-0.3, -0.25) is 15.0 Å². The predicted octanol–water partition coefficient (Wildman–Crippen LogP) is 4.41. The number of likely N-dealkylation sites (tertiary alicyclic amines) is 1. The van der Waals surface area contributed by atoms with Crippen molar-refractivity contribution in [2.75, 3.05) is 13.1 Å². The Labute approximate surface area is 215 Å². The van der Waals surface area contributed by atoms with Crippen LogP contribution in [0.5, 0.6) is 0 Å². The van der Waals surface area contributed by atoms with E-state index in [0.29, 0.717) is 5.92 Å². The molecule has 0 spiro atoms. The van der Waals surface area contributed by atoms with Crippen LogP contribution in [0.3, 0.4) is 0 Å². The number of benzene rings is 1. The highest BCUT2D eigenvalue weighted by Gasteiger charge is 2.42. The fraction of sp³-hybridized carbons (Fsp3) is 0.379. The molecule has 2 aliphatic heterocycles. The second-order valence-corrected chi connectivity index (χ2v) is 10.9. The lowest BCUT2D eigenvalue weighted by Crippen LogP contribution is -2.49. The van der Waals surface area contributed by atoms with Gasteiger partial charge < -0.3 is 5.32 Å². The zero-order chi connectivity index (χ0) is 24.3. The molecule has 1 saturated carbocycles. The van der Waals surface area contributed by atoms with Crippen LogP contribution in [0, 0.1) is 0 Å². The molecular formula is C29H30N8. The molecule has 186 valence electrons. The molecule has 3 fully saturated rings. The van der Waals surface area contributed by atoms with Crippen molar-refractivity contribution in [3.63, 3.8) is 0 Å². The molecule has 2 bridgehead atoms. The van der Waals surface area contributed by atoms with Crippen molar-refractivity contribution in [1.82, 2.24) is 40.0 Å². The third kappa shape index (κ3) is 3.43. The predicted molar refractivity (Wildman–Crippen MR) is 143 cm³/mol. The average molecular weight is 491 g/mol. The highest BCUT2D eigenvalue weighted by Crippen LogP contribution is 2.41. The van der Waals surface area contributed by atoms with Gasteiger partial charge in [0, 0.05) is 72.4 Å². The number of piperazine rings is 1. The van der Waals surface area contributed by atoms with Gasteiger partial charge in [-0.15, -0.1) is 0 Å². The van der Waals surface area contributed by atoms with Crippen molar-refractivity contribution in [2.24, 2.45) is 0 Å². The molecule has 0 radical (unpaired) electrons. The summed E-state index contributed by atoms with van der Waals surface area (Å²) in [6.45, 7) is 2.41. The van der Waals surface area contributed by atoms with E-state index in [1.165, 1.54) is 50.9 Å². The van der Waals surface area contributed by atoms with Crippen molar-refractivity contribution < 1.29 is 0 Å². The minimum Gasteiger partial charge on any atom is -0.311 e. The van der Waals surface area contributed by atoms with Crippen LogP contribution < -0.4 is 5.32 Å². The Morgan fingerprint density at radius 1 is 0.919 bits per heavy atom. The van der Waals surface area contributed by atoms with E-state index in [1.807, 2.05) is 36.9 Å². The smallest absolute Gasteiger partial charge is 0.163 e. The van der Waals surface area contributed by atoms with E-state index >= 15 is 0 Å². The molecule has 2 N–H and O–H groups in total. The topological polar surface area (TPSA) is 87.0 Å². The van der Waals surface area contributed by atoms with Crippen LogP contribution in [-0.4, -0.2) is 65.9 Å². The summed E-state index contributed by atoms with van der Waals surface area (Å²) in [6, 6.07) is 14.7. The number of aromatic nitrogens is 6. The van der Waals surface area contributed by atoms with Crippen LogP contribution in [-0.2, 0) is 0 Å². The first-order chi connectivity index (χ1) is 18.3. The third-order valence-corrected chi connectivity index (χ3v) is 8.94. The van der Waals surface area contributed by atoms with Crippen molar-refractivity contribution in [3.8, 4) is 22.4 Å². The summed E-state index contributed by atoms with van der Waals surface area (Å²) in [5, 5.41) is 17.4. The molecule has 0 unspecified atom stereocenters. The number of hydrogen-bond acceptors (Lipinski definition) is 6. The minimum absolute atomic E-state index is 0.488. The van der Waals surface area contributed by atoms with Crippen LogP contribution in [0.15, 0.2) is 61.2 Å². The maximum Gasteiger partial charge on any atom is 0.163 e. The van der Waals surface area contributed by atoms with E-state index in [2.05, 4.69) is 54.2 Å². The van der Waals surface area contributed by atoms with Crippen LogP contribution in [0.1, 0.15) is 43.7 Å². The Kier molecular flexibility index (Phi) is 4.91. The Bertz CT molecular complexity index is 1580. The SMILES string of the molecule is c1cc(-c2c(-c3ccncc3)nn3c2nccc3[C@H]2CC[C@H](N3C[C@@H]4C[C@H]3CN4)CC2)c2cn[nH]c2c1. The van der Waals surface area contributed by atoms with Gasteiger partial charge in [0.2, 0.25) is 0 Å². The first kappa shape index (κ1) is 21.5. The van der Waals surface area contributed by atoms with Gasteiger partial charge in [0.25, 0.3) is 0 Å². The van der Waals surface area contributed by atoms with Gasteiger partial charge in [0.05, 0.1) is 17.3 Å². The molecule has 8 heteroatoms. The van der Waals surface area contributed by atoms with Crippen LogP contribution in [0.4, 0.5) is 0 Å². The minimum atomic E-state index is 0.488. The van der Waals surface area contributed by atoms with Crippen molar-refractivity contribution in [2.45, 2.75) is 56.1 Å². The molecule has 4 aromatic heterocycles. The average Bonchev–Trinajstić information content (AvgIpc) is 3.76.